The van der Waals surface area contributed by atoms with E-state index in [0.29, 0.717) is 31.2 Å². The number of rotatable bonds is 4. The van der Waals surface area contributed by atoms with Crippen molar-refractivity contribution in [2.24, 2.45) is 7.05 Å². The second-order valence-electron chi connectivity index (χ2n) is 5.53. The van der Waals surface area contributed by atoms with Crippen molar-refractivity contribution in [3.8, 4) is 5.75 Å². The van der Waals surface area contributed by atoms with E-state index in [9.17, 15) is 8.42 Å². The maximum atomic E-state index is 13.2. The van der Waals surface area contributed by atoms with Gasteiger partial charge in [0.25, 0.3) is 0 Å². The molecule has 2 aromatic rings. The summed E-state index contributed by atoms with van der Waals surface area (Å²) in [6.07, 6.45) is 3.46. The lowest BCUT2D eigenvalue weighted by Crippen LogP contribution is -2.49. The van der Waals surface area contributed by atoms with Crippen LogP contribution in [0, 0.1) is 0 Å². The van der Waals surface area contributed by atoms with Crippen molar-refractivity contribution in [1.29, 1.82) is 0 Å². The Morgan fingerprint density at radius 1 is 1.42 bits per heavy atom. The first-order valence-electron chi connectivity index (χ1n) is 7.48. The van der Waals surface area contributed by atoms with Gasteiger partial charge in [0.2, 0.25) is 10.0 Å². The standard InChI is InChI=1S/C15H19ClN4O3S/c1-19-7-6-18-15(19)13-10-17-5-8-20(13)24(21,22)14-9-11(23-2)3-4-12(14)16/h3-4,6-7,9,13,17H,5,8,10H2,1-2H3. The lowest BCUT2D eigenvalue weighted by Gasteiger charge is -2.34. The zero-order chi connectivity index (χ0) is 17.3. The van der Waals surface area contributed by atoms with Gasteiger partial charge in [0.1, 0.15) is 16.5 Å². The van der Waals surface area contributed by atoms with Crippen molar-refractivity contribution in [2.75, 3.05) is 26.7 Å². The largest absolute Gasteiger partial charge is 0.497 e. The molecule has 0 saturated carbocycles. The number of sulfonamides is 1. The van der Waals surface area contributed by atoms with Gasteiger partial charge in [0.05, 0.1) is 18.2 Å². The van der Waals surface area contributed by atoms with Gasteiger partial charge in [-0.25, -0.2) is 13.4 Å². The Labute approximate surface area is 146 Å². The molecule has 1 saturated heterocycles. The molecule has 0 bridgehead atoms. The van der Waals surface area contributed by atoms with Crippen molar-refractivity contribution in [1.82, 2.24) is 19.2 Å². The van der Waals surface area contributed by atoms with Crippen LogP contribution in [0.4, 0.5) is 0 Å². The summed E-state index contributed by atoms with van der Waals surface area (Å²) in [6.45, 7) is 1.40. The van der Waals surface area contributed by atoms with E-state index in [2.05, 4.69) is 10.3 Å². The Bertz CT molecular complexity index is 837. The third kappa shape index (κ3) is 3.02. The molecule has 7 nitrogen and oxygen atoms in total. The van der Waals surface area contributed by atoms with Gasteiger partial charge in [0, 0.05) is 45.1 Å². The minimum Gasteiger partial charge on any atom is -0.497 e. The normalized spacial score (nSPS) is 19.4. The van der Waals surface area contributed by atoms with Crippen LogP contribution in [0.1, 0.15) is 11.9 Å². The highest BCUT2D eigenvalue weighted by molar-refractivity contribution is 7.89. The van der Waals surface area contributed by atoms with Crippen LogP contribution >= 0.6 is 11.6 Å². The molecule has 1 aliphatic rings. The molecule has 1 unspecified atom stereocenters. The van der Waals surface area contributed by atoms with Gasteiger partial charge in [-0.3, -0.25) is 0 Å². The number of halogens is 1. The fourth-order valence-corrected chi connectivity index (χ4v) is 4.90. The van der Waals surface area contributed by atoms with E-state index in [1.165, 1.54) is 23.5 Å². The summed E-state index contributed by atoms with van der Waals surface area (Å²) in [6, 6.07) is 4.22. The molecule has 24 heavy (non-hydrogen) atoms. The van der Waals surface area contributed by atoms with Crippen molar-refractivity contribution in [3.63, 3.8) is 0 Å². The molecule has 1 aromatic heterocycles. The van der Waals surface area contributed by atoms with Gasteiger partial charge in [-0.2, -0.15) is 4.31 Å². The highest BCUT2D eigenvalue weighted by Crippen LogP contribution is 2.33. The number of piperazine rings is 1. The van der Waals surface area contributed by atoms with Gasteiger partial charge >= 0.3 is 0 Å². The quantitative estimate of drug-likeness (QED) is 0.880. The van der Waals surface area contributed by atoms with Crippen LogP contribution in [0.5, 0.6) is 5.75 Å². The van der Waals surface area contributed by atoms with Gasteiger partial charge in [0.15, 0.2) is 0 Å². The van der Waals surface area contributed by atoms with E-state index in [4.69, 9.17) is 16.3 Å². The second kappa shape index (κ2) is 6.72. The Morgan fingerprint density at radius 2 is 2.21 bits per heavy atom. The van der Waals surface area contributed by atoms with Crippen LogP contribution in [0.15, 0.2) is 35.5 Å². The molecule has 1 aliphatic heterocycles. The lowest BCUT2D eigenvalue weighted by atomic mass is 10.2. The summed E-state index contributed by atoms with van der Waals surface area (Å²) in [4.78, 5) is 4.36. The first-order chi connectivity index (χ1) is 11.4. The molecule has 130 valence electrons. The zero-order valence-corrected chi connectivity index (χ0v) is 15.0. The number of hydrogen-bond donors (Lipinski definition) is 1. The van der Waals surface area contributed by atoms with Crippen LogP contribution in [0.3, 0.4) is 0 Å². The molecular formula is C15H19ClN4O3S. The maximum Gasteiger partial charge on any atom is 0.245 e. The van der Waals surface area contributed by atoms with Crippen molar-refractivity contribution in [2.45, 2.75) is 10.9 Å². The van der Waals surface area contributed by atoms with E-state index in [1.54, 1.807) is 18.5 Å². The first-order valence-corrected chi connectivity index (χ1v) is 9.30. The molecule has 0 amide bonds. The Balaban J connectivity index is 2.05. The summed E-state index contributed by atoms with van der Waals surface area (Å²) in [5.41, 5.74) is 0. The topological polar surface area (TPSA) is 76.5 Å². The number of hydrogen-bond acceptors (Lipinski definition) is 5. The third-order valence-electron chi connectivity index (χ3n) is 4.08. The van der Waals surface area contributed by atoms with Crippen LogP contribution in [0.2, 0.25) is 5.02 Å². The molecule has 3 rings (SSSR count). The van der Waals surface area contributed by atoms with Crippen molar-refractivity contribution >= 4 is 21.6 Å². The van der Waals surface area contributed by atoms with Crippen LogP contribution in [-0.4, -0.2) is 49.0 Å². The molecule has 1 fully saturated rings. The predicted molar refractivity (Wildman–Crippen MR) is 90.7 cm³/mol. The molecule has 0 aliphatic carbocycles. The second-order valence-corrected chi connectivity index (χ2v) is 7.79. The van der Waals surface area contributed by atoms with E-state index in [-0.39, 0.29) is 9.92 Å². The number of nitrogens with zero attached hydrogens (tertiary/aromatic N) is 3. The van der Waals surface area contributed by atoms with E-state index < -0.39 is 16.1 Å². The fourth-order valence-electron chi connectivity index (χ4n) is 2.83. The molecule has 0 spiro atoms. The number of imidazole rings is 1. The number of nitrogens with one attached hydrogen (secondary N) is 1. The average molecular weight is 371 g/mol. The molecular weight excluding hydrogens is 352 g/mol. The Morgan fingerprint density at radius 3 is 2.88 bits per heavy atom. The van der Waals surface area contributed by atoms with Gasteiger partial charge in [-0.05, 0) is 12.1 Å². The summed E-state index contributed by atoms with van der Waals surface area (Å²) >= 11 is 6.16. The summed E-state index contributed by atoms with van der Waals surface area (Å²) in [7, 11) is -0.454. The van der Waals surface area contributed by atoms with Crippen LogP contribution in [-0.2, 0) is 17.1 Å². The fraction of sp³-hybridized carbons (Fsp3) is 0.400. The molecule has 9 heteroatoms. The highest BCUT2D eigenvalue weighted by atomic mass is 35.5. The van der Waals surface area contributed by atoms with Crippen molar-refractivity contribution in [3.05, 3.63) is 41.4 Å². The molecule has 1 aromatic carbocycles. The zero-order valence-electron chi connectivity index (χ0n) is 13.4. The number of benzene rings is 1. The average Bonchev–Trinajstić information content (AvgIpc) is 3.01. The minimum atomic E-state index is -3.79. The summed E-state index contributed by atoms with van der Waals surface area (Å²) in [5.74, 6) is 1.13. The summed E-state index contributed by atoms with van der Waals surface area (Å²) in [5, 5.41) is 3.40. The Kier molecular flexibility index (Phi) is 4.82. The monoisotopic (exact) mass is 370 g/mol. The van der Waals surface area contributed by atoms with Crippen LogP contribution in [0.25, 0.3) is 0 Å². The molecule has 1 N–H and O–H groups in total. The lowest BCUT2D eigenvalue weighted by molar-refractivity contribution is 0.258. The first kappa shape index (κ1) is 17.2. The molecule has 0 radical (unpaired) electrons. The van der Waals surface area contributed by atoms with E-state index in [0.717, 1.165) is 0 Å². The SMILES string of the molecule is COc1ccc(Cl)c(S(=O)(=O)N2CCNCC2c2nccn2C)c1. The number of ether oxygens (including phenoxy) is 1. The van der Waals surface area contributed by atoms with Crippen LogP contribution < -0.4 is 10.1 Å². The van der Waals surface area contributed by atoms with E-state index in [1.807, 2.05) is 11.6 Å². The van der Waals surface area contributed by atoms with Gasteiger partial charge in [-0.1, -0.05) is 11.6 Å². The molecule has 1 atom stereocenters. The maximum absolute atomic E-state index is 13.2. The number of aryl methyl sites for hydroxylation is 1. The summed E-state index contributed by atoms with van der Waals surface area (Å²) < 4.78 is 34.8. The van der Waals surface area contributed by atoms with Gasteiger partial charge < -0.3 is 14.6 Å². The number of methoxy groups -OCH3 is 1. The number of aromatic nitrogens is 2. The minimum absolute atomic E-state index is 0.0459. The Hall–Kier alpha value is -1.61. The van der Waals surface area contributed by atoms with E-state index >= 15 is 0 Å². The highest BCUT2D eigenvalue weighted by Gasteiger charge is 2.37. The molecule has 2 heterocycles. The van der Waals surface area contributed by atoms with Gasteiger partial charge in [-0.15, -0.1) is 0 Å². The predicted octanol–water partition coefficient (Wildman–Crippen LogP) is 1.42. The smallest absolute Gasteiger partial charge is 0.245 e. The third-order valence-corrected chi connectivity index (χ3v) is 6.47. The van der Waals surface area contributed by atoms with Crippen molar-refractivity contribution < 1.29 is 13.2 Å².